The highest BCUT2D eigenvalue weighted by atomic mass is 16.6. The predicted molar refractivity (Wildman–Crippen MR) is 66.7 cm³/mol. The second-order valence-electron chi connectivity index (χ2n) is 4.58. The lowest BCUT2D eigenvalue weighted by Crippen LogP contribution is -2.16. The van der Waals surface area contributed by atoms with E-state index in [-0.39, 0.29) is 6.61 Å². The molecule has 94 valence electrons. The fraction of sp³-hybridized carbons (Fsp3) is 0.571. The molecule has 3 heteroatoms. The van der Waals surface area contributed by atoms with Gasteiger partial charge in [0, 0.05) is 6.61 Å². The van der Waals surface area contributed by atoms with E-state index < -0.39 is 0 Å². The molecule has 17 heavy (non-hydrogen) atoms. The molecule has 0 amide bonds. The third-order valence-corrected chi connectivity index (χ3v) is 3.34. The Labute approximate surface area is 102 Å². The molecule has 0 bridgehead atoms. The number of aryl methyl sites for hydroxylation is 1. The highest BCUT2D eigenvalue weighted by Gasteiger charge is 2.16. The number of benzene rings is 1. The number of aliphatic hydroxyl groups is 1. The van der Waals surface area contributed by atoms with Crippen molar-refractivity contribution in [2.75, 3.05) is 19.8 Å². The standard InChI is InChI=1S/C14H20O3/c1-3-11(9-15)7-12-8-14-13(6-10(12)2)16-4-5-17-14/h6,8,11,15H,3-5,7,9H2,1-2H3. The van der Waals surface area contributed by atoms with Gasteiger partial charge in [-0.05, 0) is 42.5 Å². The Morgan fingerprint density at radius 1 is 1.24 bits per heavy atom. The van der Waals surface area contributed by atoms with Crippen LogP contribution in [0.4, 0.5) is 0 Å². The molecule has 0 saturated heterocycles. The highest BCUT2D eigenvalue weighted by Crippen LogP contribution is 2.33. The maximum atomic E-state index is 9.26. The summed E-state index contributed by atoms with van der Waals surface area (Å²) in [7, 11) is 0. The average Bonchev–Trinajstić information content (AvgIpc) is 2.36. The van der Waals surface area contributed by atoms with Crippen LogP contribution in [0.3, 0.4) is 0 Å². The molecule has 0 radical (unpaired) electrons. The van der Waals surface area contributed by atoms with E-state index in [9.17, 15) is 5.11 Å². The lowest BCUT2D eigenvalue weighted by Gasteiger charge is -2.21. The Kier molecular flexibility index (Phi) is 3.89. The lowest BCUT2D eigenvalue weighted by atomic mass is 9.94. The normalized spacial score (nSPS) is 15.7. The van der Waals surface area contributed by atoms with Crippen LogP contribution < -0.4 is 9.47 Å². The first-order valence-electron chi connectivity index (χ1n) is 6.24. The first-order valence-corrected chi connectivity index (χ1v) is 6.24. The van der Waals surface area contributed by atoms with Crippen LogP contribution in [-0.2, 0) is 6.42 Å². The number of hydrogen-bond acceptors (Lipinski definition) is 3. The molecule has 0 spiro atoms. The number of aliphatic hydroxyl groups excluding tert-OH is 1. The van der Waals surface area contributed by atoms with Crippen LogP contribution in [0, 0.1) is 12.8 Å². The Morgan fingerprint density at radius 3 is 2.47 bits per heavy atom. The molecule has 1 aliphatic rings. The van der Waals surface area contributed by atoms with E-state index in [0.717, 1.165) is 24.3 Å². The summed E-state index contributed by atoms with van der Waals surface area (Å²) in [6.07, 6.45) is 1.89. The van der Waals surface area contributed by atoms with Crippen LogP contribution in [0.5, 0.6) is 11.5 Å². The van der Waals surface area contributed by atoms with Gasteiger partial charge in [-0.15, -0.1) is 0 Å². The van der Waals surface area contributed by atoms with E-state index in [1.807, 2.05) is 6.07 Å². The molecular formula is C14H20O3. The van der Waals surface area contributed by atoms with Crippen LogP contribution in [0.1, 0.15) is 24.5 Å². The van der Waals surface area contributed by atoms with Crippen molar-refractivity contribution in [3.05, 3.63) is 23.3 Å². The van der Waals surface area contributed by atoms with Gasteiger partial charge in [-0.3, -0.25) is 0 Å². The first-order chi connectivity index (χ1) is 8.24. The number of hydrogen-bond donors (Lipinski definition) is 1. The molecule has 0 aliphatic carbocycles. The summed E-state index contributed by atoms with van der Waals surface area (Å²) in [5, 5.41) is 9.26. The Hall–Kier alpha value is -1.22. The zero-order chi connectivity index (χ0) is 12.3. The minimum Gasteiger partial charge on any atom is -0.486 e. The maximum Gasteiger partial charge on any atom is 0.161 e. The molecule has 1 heterocycles. The number of ether oxygens (including phenoxy) is 2. The largest absolute Gasteiger partial charge is 0.486 e. The highest BCUT2D eigenvalue weighted by molar-refractivity contribution is 5.47. The van der Waals surface area contributed by atoms with Crippen LogP contribution in [0.25, 0.3) is 0 Å². The fourth-order valence-electron chi connectivity index (χ4n) is 2.10. The average molecular weight is 236 g/mol. The smallest absolute Gasteiger partial charge is 0.161 e. The zero-order valence-electron chi connectivity index (χ0n) is 10.5. The van der Waals surface area contributed by atoms with E-state index in [2.05, 4.69) is 19.9 Å². The molecule has 1 atom stereocenters. The molecule has 1 aromatic carbocycles. The summed E-state index contributed by atoms with van der Waals surface area (Å²) in [6, 6.07) is 4.09. The fourth-order valence-corrected chi connectivity index (χ4v) is 2.10. The van der Waals surface area contributed by atoms with Crippen molar-refractivity contribution in [1.82, 2.24) is 0 Å². The van der Waals surface area contributed by atoms with Crippen molar-refractivity contribution in [1.29, 1.82) is 0 Å². The Bertz CT molecular complexity index is 383. The molecule has 1 unspecified atom stereocenters. The van der Waals surface area contributed by atoms with Crippen molar-refractivity contribution in [2.24, 2.45) is 5.92 Å². The molecule has 0 aromatic heterocycles. The van der Waals surface area contributed by atoms with Crippen molar-refractivity contribution in [3.63, 3.8) is 0 Å². The number of rotatable bonds is 4. The van der Waals surface area contributed by atoms with Gasteiger partial charge in [0.15, 0.2) is 11.5 Å². The SMILES string of the molecule is CCC(CO)Cc1cc2c(cc1C)OCCO2. The van der Waals surface area contributed by atoms with E-state index in [1.165, 1.54) is 11.1 Å². The van der Waals surface area contributed by atoms with E-state index in [0.29, 0.717) is 19.1 Å². The minimum absolute atomic E-state index is 0.240. The van der Waals surface area contributed by atoms with Crippen molar-refractivity contribution in [2.45, 2.75) is 26.7 Å². The van der Waals surface area contributed by atoms with E-state index >= 15 is 0 Å². The zero-order valence-corrected chi connectivity index (χ0v) is 10.5. The van der Waals surface area contributed by atoms with Gasteiger partial charge >= 0.3 is 0 Å². The van der Waals surface area contributed by atoms with E-state index in [4.69, 9.17) is 9.47 Å². The van der Waals surface area contributed by atoms with Gasteiger partial charge in [0.05, 0.1) is 0 Å². The van der Waals surface area contributed by atoms with Gasteiger partial charge in [-0.2, -0.15) is 0 Å². The van der Waals surface area contributed by atoms with Crippen LogP contribution in [-0.4, -0.2) is 24.9 Å². The van der Waals surface area contributed by atoms with Gasteiger partial charge in [0.25, 0.3) is 0 Å². The minimum atomic E-state index is 0.240. The maximum absolute atomic E-state index is 9.26. The topological polar surface area (TPSA) is 38.7 Å². The molecule has 1 aliphatic heterocycles. The van der Waals surface area contributed by atoms with Crippen LogP contribution >= 0.6 is 0 Å². The van der Waals surface area contributed by atoms with Gasteiger partial charge in [0.1, 0.15) is 13.2 Å². The lowest BCUT2D eigenvalue weighted by molar-refractivity contribution is 0.171. The second kappa shape index (κ2) is 5.41. The quantitative estimate of drug-likeness (QED) is 0.872. The third-order valence-electron chi connectivity index (χ3n) is 3.34. The van der Waals surface area contributed by atoms with Crippen molar-refractivity contribution >= 4 is 0 Å². The Morgan fingerprint density at radius 2 is 1.88 bits per heavy atom. The van der Waals surface area contributed by atoms with Crippen molar-refractivity contribution in [3.8, 4) is 11.5 Å². The van der Waals surface area contributed by atoms with Gasteiger partial charge in [-0.25, -0.2) is 0 Å². The second-order valence-corrected chi connectivity index (χ2v) is 4.58. The summed E-state index contributed by atoms with van der Waals surface area (Å²) in [5.41, 5.74) is 2.45. The molecular weight excluding hydrogens is 216 g/mol. The molecule has 3 nitrogen and oxygen atoms in total. The molecule has 2 rings (SSSR count). The molecule has 0 fully saturated rings. The summed E-state index contributed by atoms with van der Waals surface area (Å²) < 4.78 is 11.1. The third kappa shape index (κ3) is 2.72. The summed E-state index contributed by atoms with van der Waals surface area (Å²) >= 11 is 0. The summed E-state index contributed by atoms with van der Waals surface area (Å²) in [4.78, 5) is 0. The summed E-state index contributed by atoms with van der Waals surface area (Å²) in [6.45, 7) is 5.67. The monoisotopic (exact) mass is 236 g/mol. The van der Waals surface area contributed by atoms with Crippen LogP contribution in [0.2, 0.25) is 0 Å². The van der Waals surface area contributed by atoms with Crippen molar-refractivity contribution < 1.29 is 14.6 Å². The van der Waals surface area contributed by atoms with Gasteiger partial charge < -0.3 is 14.6 Å². The Balaban J connectivity index is 2.22. The molecule has 1 aromatic rings. The van der Waals surface area contributed by atoms with Crippen LogP contribution in [0.15, 0.2) is 12.1 Å². The molecule has 1 N–H and O–H groups in total. The predicted octanol–water partition coefficient (Wildman–Crippen LogP) is 2.33. The first kappa shape index (κ1) is 12.2. The molecule has 0 saturated carbocycles. The van der Waals surface area contributed by atoms with Gasteiger partial charge in [0.2, 0.25) is 0 Å². The number of fused-ring (bicyclic) bond motifs is 1. The van der Waals surface area contributed by atoms with E-state index in [1.54, 1.807) is 0 Å². The summed E-state index contributed by atoms with van der Waals surface area (Å²) in [5.74, 6) is 2.01. The van der Waals surface area contributed by atoms with Gasteiger partial charge in [-0.1, -0.05) is 13.3 Å².